The number of hydrogen-bond donors (Lipinski definition) is 1. The Morgan fingerprint density at radius 3 is 2.14 bits per heavy atom. The van der Waals surface area contributed by atoms with E-state index in [0.29, 0.717) is 22.5 Å². The van der Waals surface area contributed by atoms with Crippen molar-refractivity contribution in [2.75, 3.05) is 16.8 Å². The number of halogens is 2. The molecule has 2 amide bonds. The summed E-state index contributed by atoms with van der Waals surface area (Å²) in [6, 6.07) is 16.3. The number of nitrogens with zero attached hydrogens (tertiary/aromatic N) is 2. The summed E-state index contributed by atoms with van der Waals surface area (Å²) >= 11 is 5.64. The van der Waals surface area contributed by atoms with Gasteiger partial charge in [0.05, 0.1) is 24.3 Å². The molecule has 190 valence electrons. The molecule has 3 aromatic carbocycles. The maximum absolute atomic E-state index is 13.5. The summed E-state index contributed by atoms with van der Waals surface area (Å²) in [5.41, 5.74) is 1.83. The molecule has 0 unspecified atom stereocenters. The molecule has 0 radical (unpaired) electrons. The van der Waals surface area contributed by atoms with Crippen LogP contribution in [0.3, 0.4) is 0 Å². The van der Waals surface area contributed by atoms with Crippen LogP contribution in [0.5, 0.6) is 0 Å². The molecule has 3 aromatic rings. The number of thiocarbonyl (C=S) groups is 1. The first-order valence-corrected chi connectivity index (χ1v) is 11.9. The number of carbonyl (C=O) groups excluding carboxylic acids is 3. The van der Waals surface area contributed by atoms with Gasteiger partial charge in [0.2, 0.25) is 5.91 Å². The molecule has 1 fully saturated rings. The molecule has 4 rings (SSSR count). The lowest BCUT2D eigenvalue weighted by Crippen LogP contribution is -2.37. The van der Waals surface area contributed by atoms with Gasteiger partial charge in [-0.2, -0.15) is 0 Å². The number of amides is 2. The van der Waals surface area contributed by atoms with Crippen LogP contribution >= 0.6 is 12.2 Å². The second-order valence-electron chi connectivity index (χ2n) is 8.25. The first-order valence-electron chi connectivity index (χ1n) is 11.5. The van der Waals surface area contributed by atoms with Crippen molar-refractivity contribution in [2.45, 2.75) is 25.9 Å². The van der Waals surface area contributed by atoms with Gasteiger partial charge >= 0.3 is 5.97 Å². The van der Waals surface area contributed by atoms with Gasteiger partial charge < -0.3 is 15.0 Å². The van der Waals surface area contributed by atoms with Gasteiger partial charge in [-0.1, -0.05) is 12.1 Å². The molecular weight excluding hydrogens is 500 g/mol. The second kappa shape index (κ2) is 11.3. The molecule has 1 saturated heterocycles. The highest BCUT2D eigenvalue weighted by atomic mass is 32.1. The molecule has 1 N–H and O–H groups in total. The smallest absolute Gasteiger partial charge is 0.338 e. The molecule has 1 atom stereocenters. The molecule has 0 aliphatic carbocycles. The fourth-order valence-electron chi connectivity index (χ4n) is 3.92. The molecular formula is C27H23F2N3O4S. The average Bonchev–Trinajstić information content (AvgIpc) is 3.10. The third-order valence-electron chi connectivity index (χ3n) is 5.73. The summed E-state index contributed by atoms with van der Waals surface area (Å²) in [5, 5.41) is 2.83. The Bertz CT molecular complexity index is 1310. The van der Waals surface area contributed by atoms with Crippen LogP contribution in [0.15, 0.2) is 72.8 Å². The number of anilines is 2. The van der Waals surface area contributed by atoms with Crippen LogP contribution in [0.2, 0.25) is 0 Å². The van der Waals surface area contributed by atoms with E-state index in [1.54, 1.807) is 36.1 Å². The number of carbonyl (C=O) groups is 3. The maximum Gasteiger partial charge on any atom is 0.338 e. The van der Waals surface area contributed by atoms with E-state index in [4.69, 9.17) is 17.0 Å². The van der Waals surface area contributed by atoms with E-state index in [1.807, 2.05) is 0 Å². The van der Waals surface area contributed by atoms with Crippen molar-refractivity contribution in [3.63, 3.8) is 0 Å². The molecule has 1 aliphatic heterocycles. The minimum atomic E-state index is -0.942. The standard InChI is InChI=1S/C27H23F2N3O4S/c1-2-36-26(35)18-5-13-22(14-6-18)32-25(34)23(15-24(33)30-21-11-9-20(29)10-12-21)31(27(32)37)16-17-3-7-19(28)8-4-17/h3-14,23H,2,15-16H2,1H3,(H,30,33)/t23-/m0/s1. The normalized spacial score (nSPS) is 15.2. The predicted molar refractivity (Wildman–Crippen MR) is 138 cm³/mol. The Balaban J connectivity index is 1.59. The van der Waals surface area contributed by atoms with Crippen LogP contribution in [0.4, 0.5) is 20.2 Å². The molecule has 37 heavy (non-hydrogen) atoms. The van der Waals surface area contributed by atoms with Crippen LogP contribution in [-0.4, -0.2) is 40.4 Å². The minimum absolute atomic E-state index is 0.163. The fraction of sp³-hybridized carbons (Fsp3) is 0.185. The van der Waals surface area contributed by atoms with E-state index in [2.05, 4.69) is 5.32 Å². The Morgan fingerprint density at radius 1 is 0.946 bits per heavy atom. The topological polar surface area (TPSA) is 78.9 Å². The van der Waals surface area contributed by atoms with Gasteiger partial charge in [0.15, 0.2) is 5.11 Å². The lowest BCUT2D eigenvalue weighted by Gasteiger charge is -2.24. The van der Waals surface area contributed by atoms with E-state index >= 15 is 0 Å². The van der Waals surface area contributed by atoms with Crippen molar-refractivity contribution in [3.05, 3.63) is 95.6 Å². The van der Waals surface area contributed by atoms with Gasteiger partial charge in [-0.25, -0.2) is 13.6 Å². The van der Waals surface area contributed by atoms with E-state index < -0.39 is 35.5 Å². The molecule has 0 aromatic heterocycles. The number of esters is 1. The van der Waals surface area contributed by atoms with Gasteiger partial charge in [-0.3, -0.25) is 14.5 Å². The minimum Gasteiger partial charge on any atom is -0.462 e. The highest BCUT2D eigenvalue weighted by molar-refractivity contribution is 7.80. The van der Waals surface area contributed by atoms with Gasteiger partial charge in [-0.05, 0) is 85.4 Å². The quantitative estimate of drug-likeness (QED) is 0.342. The first-order chi connectivity index (χ1) is 17.8. The zero-order chi connectivity index (χ0) is 26.5. The summed E-state index contributed by atoms with van der Waals surface area (Å²) in [5.74, 6) is -2.22. The molecule has 0 saturated carbocycles. The summed E-state index contributed by atoms with van der Waals surface area (Å²) in [6.45, 7) is 2.10. The zero-order valence-corrected chi connectivity index (χ0v) is 20.6. The van der Waals surface area contributed by atoms with Crippen molar-refractivity contribution in [3.8, 4) is 0 Å². The van der Waals surface area contributed by atoms with E-state index in [9.17, 15) is 23.2 Å². The summed E-state index contributed by atoms with van der Waals surface area (Å²) in [7, 11) is 0. The van der Waals surface area contributed by atoms with Crippen molar-refractivity contribution in [2.24, 2.45) is 0 Å². The Hall–Kier alpha value is -4.18. The third-order valence-corrected chi connectivity index (χ3v) is 6.15. The van der Waals surface area contributed by atoms with Crippen LogP contribution < -0.4 is 10.2 Å². The maximum atomic E-state index is 13.5. The largest absolute Gasteiger partial charge is 0.462 e. The number of nitrogens with one attached hydrogen (secondary N) is 1. The molecule has 10 heteroatoms. The second-order valence-corrected chi connectivity index (χ2v) is 8.62. The Morgan fingerprint density at radius 2 is 1.54 bits per heavy atom. The zero-order valence-electron chi connectivity index (χ0n) is 19.8. The summed E-state index contributed by atoms with van der Waals surface area (Å²) in [4.78, 5) is 41.3. The van der Waals surface area contributed by atoms with Crippen molar-refractivity contribution >= 4 is 46.5 Å². The molecule has 1 aliphatic rings. The molecule has 7 nitrogen and oxygen atoms in total. The number of benzene rings is 3. The SMILES string of the molecule is CCOC(=O)c1ccc(N2C(=O)[C@H](CC(=O)Nc3ccc(F)cc3)N(Cc3ccc(F)cc3)C2=S)cc1. The Labute approximate surface area is 217 Å². The highest BCUT2D eigenvalue weighted by Crippen LogP contribution is 2.29. The highest BCUT2D eigenvalue weighted by Gasteiger charge is 2.44. The van der Waals surface area contributed by atoms with Gasteiger partial charge in [-0.15, -0.1) is 0 Å². The molecule has 0 spiro atoms. The van der Waals surface area contributed by atoms with E-state index in [0.717, 1.165) is 0 Å². The van der Waals surface area contributed by atoms with Crippen molar-refractivity contribution in [1.29, 1.82) is 0 Å². The number of ether oxygens (including phenoxy) is 1. The predicted octanol–water partition coefficient (Wildman–Crippen LogP) is 4.67. The van der Waals surface area contributed by atoms with Crippen LogP contribution in [-0.2, 0) is 20.9 Å². The summed E-state index contributed by atoms with van der Waals surface area (Å²) in [6.07, 6.45) is -0.227. The van der Waals surface area contributed by atoms with Gasteiger partial charge in [0, 0.05) is 12.2 Å². The Kier molecular flexibility index (Phi) is 7.88. The molecule has 1 heterocycles. The van der Waals surface area contributed by atoms with E-state index in [-0.39, 0.29) is 24.7 Å². The van der Waals surface area contributed by atoms with Crippen molar-refractivity contribution < 1.29 is 27.9 Å². The lowest BCUT2D eigenvalue weighted by atomic mass is 10.1. The van der Waals surface area contributed by atoms with Gasteiger partial charge in [0.25, 0.3) is 5.91 Å². The monoisotopic (exact) mass is 523 g/mol. The van der Waals surface area contributed by atoms with Crippen LogP contribution in [0.25, 0.3) is 0 Å². The molecule has 0 bridgehead atoms. The summed E-state index contributed by atoms with van der Waals surface area (Å²) < 4.78 is 31.6. The number of hydrogen-bond acceptors (Lipinski definition) is 5. The van der Waals surface area contributed by atoms with Crippen LogP contribution in [0, 0.1) is 11.6 Å². The van der Waals surface area contributed by atoms with Crippen LogP contribution in [0.1, 0.15) is 29.3 Å². The first kappa shape index (κ1) is 25.9. The van der Waals surface area contributed by atoms with Gasteiger partial charge in [0.1, 0.15) is 17.7 Å². The third kappa shape index (κ3) is 5.97. The average molecular weight is 524 g/mol. The van der Waals surface area contributed by atoms with E-state index in [1.165, 1.54) is 53.4 Å². The lowest BCUT2D eigenvalue weighted by molar-refractivity contribution is -0.124. The fourth-order valence-corrected chi connectivity index (χ4v) is 4.31. The number of rotatable bonds is 8. The van der Waals surface area contributed by atoms with Crippen molar-refractivity contribution in [1.82, 2.24) is 4.90 Å².